The number of anilines is 1. The van der Waals surface area contributed by atoms with Crippen LogP contribution in [0.5, 0.6) is 0 Å². The highest BCUT2D eigenvalue weighted by Gasteiger charge is 2.17. The summed E-state index contributed by atoms with van der Waals surface area (Å²) in [6.07, 6.45) is 3.70. The number of amides is 1. The van der Waals surface area contributed by atoms with E-state index in [4.69, 9.17) is 0 Å². The summed E-state index contributed by atoms with van der Waals surface area (Å²) in [7, 11) is 5.91. The molecule has 0 unspecified atom stereocenters. The number of benzene rings is 1. The van der Waals surface area contributed by atoms with Crippen LogP contribution in [0.4, 0.5) is 5.69 Å². The van der Waals surface area contributed by atoms with Crippen LogP contribution in [0, 0.1) is 0 Å². The third-order valence-electron chi connectivity index (χ3n) is 2.77. The summed E-state index contributed by atoms with van der Waals surface area (Å²) in [5, 5.41) is 0. The SMILES string of the molecule is CN1C=CN(C(=O)c2ccc(N(C)C)cc2)C1. The second-order valence-electron chi connectivity index (χ2n) is 4.41. The standard InChI is InChI=1S/C13H17N3O/c1-14(2)12-6-4-11(5-7-12)13(17)16-9-8-15(3)10-16/h4-9H,10H2,1-3H3. The zero-order valence-corrected chi connectivity index (χ0v) is 10.4. The van der Waals surface area contributed by atoms with Crippen molar-refractivity contribution in [2.75, 3.05) is 32.7 Å². The number of carbonyl (C=O) groups is 1. The molecule has 0 aliphatic carbocycles. The molecular formula is C13H17N3O. The summed E-state index contributed by atoms with van der Waals surface area (Å²) >= 11 is 0. The van der Waals surface area contributed by atoms with Gasteiger partial charge in [-0.1, -0.05) is 0 Å². The monoisotopic (exact) mass is 231 g/mol. The van der Waals surface area contributed by atoms with E-state index in [1.54, 1.807) is 4.90 Å². The Bertz CT molecular complexity index is 436. The third-order valence-corrected chi connectivity index (χ3v) is 2.77. The van der Waals surface area contributed by atoms with Crippen molar-refractivity contribution < 1.29 is 4.79 Å². The van der Waals surface area contributed by atoms with E-state index >= 15 is 0 Å². The van der Waals surface area contributed by atoms with E-state index in [9.17, 15) is 4.79 Å². The van der Waals surface area contributed by atoms with Gasteiger partial charge in [-0.3, -0.25) is 9.69 Å². The molecule has 1 heterocycles. The van der Waals surface area contributed by atoms with Crippen LogP contribution in [0.15, 0.2) is 36.7 Å². The van der Waals surface area contributed by atoms with E-state index in [-0.39, 0.29) is 5.91 Å². The highest BCUT2D eigenvalue weighted by molar-refractivity contribution is 5.95. The molecule has 17 heavy (non-hydrogen) atoms. The van der Waals surface area contributed by atoms with E-state index < -0.39 is 0 Å². The molecule has 1 amide bonds. The molecule has 1 aromatic carbocycles. The summed E-state index contributed by atoms with van der Waals surface area (Å²) in [6, 6.07) is 7.64. The van der Waals surface area contributed by atoms with Crippen LogP contribution in [0.2, 0.25) is 0 Å². The lowest BCUT2D eigenvalue weighted by Gasteiger charge is -2.17. The van der Waals surface area contributed by atoms with Gasteiger partial charge in [0.2, 0.25) is 0 Å². The van der Waals surface area contributed by atoms with Crippen molar-refractivity contribution in [3.63, 3.8) is 0 Å². The fourth-order valence-corrected chi connectivity index (χ4v) is 1.73. The molecule has 4 nitrogen and oxygen atoms in total. The Hall–Kier alpha value is -1.97. The van der Waals surface area contributed by atoms with Gasteiger partial charge in [-0.15, -0.1) is 0 Å². The Labute approximate surface area is 102 Å². The van der Waals surface area contributed by atoms with E-state index in [1.165, 1.54) is 0 Å². The molecule has 0 atom stereocenters. The summed E-state index contributed by atoms with van der Waals surface area (Å²) in [4.78, 5) is 17.8. The molecule has 4 heteroatoms. The average Bonchev–Trinajstić information content (AvgIpc) is 2.75. The molecular weight excluding hydrogens is 214 g/mol. The van der Waals surface area contributed by atoms with Gasteiger partial charge < -0.3 is 9.80 Å². The van der Waals surface area contributed by atoms with Crippen LogP contribution in [0.1, 0.15) is 10.4 Å². The van der Waals surface area contributed by atoms with Crippen molar-refractivity contribution >= 4 is 11.6 Å². The molecule has 1 aromatic rings. The maximum Gasteiger partial charge on any atom is 0.259 e. The fraction of sp³-hybridized carbons (Fsp3) is 0.308. The molecule has 1 aliphatic rings. The zero-order chi connectivity index (χ0) is 12.4. The highest BCUT2D eigenvalue weighted by atomic mass is 16.2. The molecule has 0 aromatic heterocycles. The highest BCUT2D eigenvalue weighted by Crippen LogP contribution is 2.15. The zero-order valence-electron chi connectivity index (χ0n) is 10.4. The van der Waals surface area contributed by atoms with Crippen molar-refractivity contribution in [1.82, 2.24) is 9.80 Å². The minimum Gasteiger partial charge on any atom is -0.378 e. The van der Waals surface area contributed by atoms with Gasteiger partial charge in [0.15, 0.2) is 0 Å². The first kappa shape index (κ1) is 11.5. The lowest BCUT2D eigenvalue weighted by Crippen LogP contribution is -2.28. The lowest BCUT2D eigenvalue weighted by atomic mass is 10.2. The van der Waals surface area contributed by atoms with Gasteiger partial charge >= 0.3 is 0 Å². The Morgan fingerprint density at radius 3 is 2.29 bits per heavy atom. The molecule has 0 N–H and O–H groups in total. The largest absolute Gasteiger partial charge is 0.378 e. The third kappa shape index (κ3) is 2.41. The molecule has 0 fully saturated rings. The second kappa shape index (κ2) is 4.49. The fourth-order valence-electron chi connectivity index (χ4n) is 1.73. The first-order valence-corrected chi connectivity index (χ1v) is 5.55. The summed E-state index contributed by atoms with van der Waals surface area (Å²) in [5.74, 6) is 0.0379. The van der Waals surface area contributed by atoms with Gasteiger partial charge in [0, 0.05) is 44.8 Å². The number of hydrogen-bond donors (Lipinski definition) is 0. The van der Waals surface area contributed by atoms with Crippen LogP contribution in [-0.2, 0) is 0 Å². The lowest BCUT2D eigenvalue weighted by molar-refractivity contribution is 0.0803. The van der Waals surface area contributed by atoms with Crippen molar-refractivity contribution in [1.29, 1.82) is 0 Å². The predicted molar refractivity (Wildman–Crippen MR) is 68.7 cm³/mol. The molecule has 1 aliphatic heterocycles. The molecule has 90 valence electrons. The molecule has 0 saturated carbocycles. The summed E-state index contributed by atoms with van der Waals surface area (Å²) in [6.45, 7) is 0.619. The van der Waals surface area contributed by atoms with Gasteiger partial charge in [0.05, 0.1) is 6.67 Å². The van der Waals surface area contributed by atoms with Gasteiger partial charge in [-0.2, -0.15) is 0 Å². The Morgan fingerprint density at radius 1 is 1.18 bits per heavy atom. The second-order valence-corrected chi connectivity index (χ2v) is 4.41. The van der Waals surface area contributed by atoms with Gasteiger partial charge in [0.25, 0.3) is 5.91 Å². The number of hydrogen-bond acceptors (Lipinski definition) is 3. The molecule has 2 rings (SSSR count). The topological polar surface area (TPSA) is 26.8 Å². The normalized spacial score (nSPS) is 14.3. The van der Waals surface area contributed by atoms with Crippen molar-refractivity contribution in [2.45, 2.75) is 0 Å². The van der Waals surface area contributed by atoms with Gasteiger partial charge in [0.1, 0.15) is 0 Å². The van der Waals surface area contributed by atoms with Crippen molar-refractivity contribution in [3.8, 4) is 0 Å². The Kier molecular flexibility index (Phi) is 3.04. The first-order valence-electron chi connectivity index (χ1n) is 5.55. The summed E-state index contributed by atoms with van der Waals surface area (Å²) in [5.41, 5.74) is 1.81. The number of nitrogens with zero attached hydrogens (tertiary/aromatic N) is 3. The molecule has 0 radical (unpaired) electrons. The number of carbonyl (C=O) groups excluding carboxylic acids is 1. The van der Waals surface area contributed by atoms with Crippen LogP contribution in [0.3, 0.4) is 0 Å². The average molecular weight is 231 g/mol. The molecule has 0 spiro atoms. The van der Waals surface area contributed by atoms with E-state index in [0.717, 1.165) is 11.3 Å². The first-order chi connectivity index (χ1) is 8.08. The molecule has 0 bridgehead atoms. The van der Waals surface area contributed by atoms with Crippen LogP contribution in [-0.4, -0.2) is 43.5 Å². The maximum absolute atomic E-state index is 12.1. The predicted octanol–water partition coefficient (Wildman–Crippen LogP) is 1.57. The summed E-state index contributed by atoms with van der Waals surface area (Å²) < 4.78 is 0. The van der Waals surface area contributed by atoms with Gasteiger partial charge in [-0.05, 0) is 24.3 Å². The minimum absolute atomic E-state index is 0.0379. The van der Waals surface area contributed by atoms with Crippen LogP contribution in [0.25, 0.3) is 0 Å². The van der Waals surface area contributed by atoms with Crippen LogP contribution >= 0.6 is 0 Å². The van der Waals surface area contributed by atoms with E-state index in [0.29, 0.717) is 6.67 Å². The minimum atomic E-state index is 0.0379. The van der Waals surface area contributed by atoms with E-state index in [1.807, 2.05) is 67.6 Å². The quantitative estimate of drug-likeness (QED) is 0.773. The smallest absolute Gasteiger partial charge is 0.259 e. The molecule has 0 saturated heterocycles. The van der Waals surface area contributed by atoms with Crippen molar-refractivity contribution in [3.05, 3.63) is 42.2 Å². The maximum atomic E-state index is 12.1. The van der Waals surface area contributed by atoms with Crippen LogP contribution < -0.4 is 4.90 Å². The Balaban J connectivity index is 2.12. The van der Waals surface area contributed by atoms with Crippen molar-refractivity contribution in [2.24, 2.45) is 0 Å². The van der Waals surface area contributed by atoms with E-state index in [2.05, 4.69) is 0 Å². The van der Waals surface area contributed by atoms with Gasteiger partial charge in [-0.25, -0.2) is 0 Å². The number of rotatable bonds is 2. The Morgan fingerprint density at radius 2 is 1.82 bits per heavy atom.